The van der Waals surface area contributed by atoms with Crippen molar-refractivity contribution < 1.29 is 9.18 Å². The molecule has 0 saturated heterocycles. The van der Waals surface area contributed by atoms with Gasteiger partial charge in [-0.3, -0.25) is 4.79 Å². The van der Waals surface area contributed by atoms with Crippen molar-refractivity contribution in [2.24, 2.45) is 0 Å². The zero-order valence-electron chi connectivity index (χ0n) is 12.7. The van der Waals surface area contributed by atoms with E-state index in [1.807, 2.05) is 35.9 Å². The predicted molar refractivity (Wildman–Crippen MR) is 87.2 cm³/mol. The second-order valence-electron chi connectivity index (χ2n) is 5.26. The molecule has 4 nitrogen and oxygen atoms in total. The first-order chi connectivity index (χ1) is 11.1. The van der Waals surface area contributed by atoms with Gasteiger partial charge in [0.05, 0.1) is 12.2 Å². The highest BCUT2D eigenvalue weighted by Gasteiger charge is 2.04. The number of carbonyl (C=O) groups excluding carboxylic acids is 1. The molecule has 0 bridgehead atoms. The molecule has 0 aliphatic carbocycles. The van der Waals surface area contributed by atoms with Crippen LogP contribution in [0.3, 0.4) is 0 Å². The molecule has 2 aromatic heterocycles. The summed E-state index contributed by atoms with van der Waals surface area (Å²) in [5, 5.41) is 2.79. The van der Waals surface area contributed by atoms with Crippen molar-refractivity contribution in [3.8, 4) is 0 Å². The maximum Gasteiger partial charge on any atom is 0.244 e. The molecule has 3 rings (SSSR count). The van der Waals surface area contributed by atoms with Gasteiger partial charge in [-0.2, -0.15) is 0 Å². The highest BCUT2D eigenvalue weighted by atomic mass is 19.1. The van der Waals surface area contributed by atoms with Crippen molar-refractivity contribution in [3.63, 3.8) is 0 Å². The summed E-state index contributed by atoms with van der Waals surface area (Å²) in [5.74, 6) is -0.517. The van der Waals surface area contributed by atoms with Crippen LogP contribution < -0.4 is 5.32 Å². The van der Waals surface area contributed by atoms with E-state index < -0.39 is 0 Å². The summed E-state index contributed by atoms with van der Waals surface area (Å²) in [6.45, 7) is 2.35. The summed E-state index contributed by atoms with van der Waals surface area (Å²) >= 11 is 0. The number of benzene rings is 1. The molecule has 0 unspecified atom stereocenters. The number of aryl methyl sites for hydroxylation is 1. The molecule has 1 aromatic carbocycles. The number of fused-ring (bicyclic) bond motifs is 1. The molecule has 116 valence electrons. The van der Waals surface area contributed by atoms with Crippen LogP contribution in [0, 0.1) is 12.7 Å². The summed E-state index contributed by atoms with van der Waals surface area (Å²) < 4.78 is 14.7. The number of aromatic nitrogens is 2. The number of carbonyl (C=O) groups is 1. The minimum atomic E-state index is -0.297. The van der Waals surface area contributed by atoms with Gasteiger partial charge in [0.25, 0.3) is 0 Å². The summed E-state index contributed by atoms with van der Waals surface area (Å²) in [5.41, 5.74) is 3.53. The van der Waals surface area contributed by atoms with Crippen molar-refractivity contribution in [3.05, 3.63) is 77.5 Å². The average Bonchev–Trinajstić information content (AvgIpc) is 2.97. The normalized spacial score (nSPS) is 11.2. The van der Waals surface area contributed by atoms with E-state index in [4.69, 9.17) is 0 Å². The summed E-state index contributed by atoms with van der Waals surface area (Å²) in [6, 6.07) is 9.90. The summed E-state index contributed by atoms with van der Waals surface area (Å²) in [4.78, 5) is 16.3. The molecular formula is C18H16FN3O. The van der Waals surface area contributed by atoms with Crippen molar-refractivity contribution >= 4 is 17.6 Å². The molecule has 0 aliphatic rings. The van der Waals surface area contributed by atoms with Gasteiger partial charge in [-0.15, -0.1) is 0 Å². The quantitative estimate of drug-likeness (QED) is 0.753. The van der Waals surface area contributed by atoms with Crippen LogP contribution in [0.15, 0.2) is 54.9 Å². The maximum absolute atomic E-state index is 12.8. The number of hydrogen-bond donors (Lipinski definition) is 1. The van der Waals surface area contributed by atoms with Crippen LogP contribution >= 0.6 is 0 Å². The largest absolute Gasteiger partial charge is 0.347 e. The molecule has 0 spiro atoms. The van der Waals surface area contributed by atoms with Crippen LogP contribution in [0.25, 0.3) is 11.7 Å². The first kappa shape index (κ1) is 15.0. The predicted octanol–water partition coefficient (Wildman–Crippen LogP) is 3.11. The standard InChI is InChI=1S/C18H16FN3O/c1-13-3-2-10-22-12-16(21-18(13)22)11-20-17(23)9-6-14-4-7-15(19)8-5-14/h2-10,12H,11H2,1H3,(H,20,23). The van der Waals surface area contributed by atoms with Gasteiger partial charge in [0.1, 0.15) is 11.5 Å². The fourth-order valence-electron chi connectivity index (χ4n) is 2.27. The third-order valence-electron chi connectivity index (χ3n) is 3.47. The Morgan fingerprint density at radius 2 is 2.09 bits per heavy atom. The summed E-state index contributed by atoms with van der Waals surface area (Å²) in [6.07, 6.45) is 6.89. The van der Waals surface area contributed by atoms with Gasteiger partial charge >= 0.3 is 0 Å². The van der Waals surface area contributed by atoms with Gasteiger partial charge in [0.15, 0.2) is 0 Å². The van der Waals surface area contributed by atoms with Gasteiger partial charge in [-0.25, -0.2) is 9.37 Å². The van der Waals surface area contributed by atoms with Crippen LogP contribution in [0.2, 0.25) is 0 Å². The fourth-order valence-corrected chi connectivity index (χ4v) is 2.27. The van der Waals surface area contributed by atoms with Crippen LogP contribution in [-0.4, -0.2) is 15.3 Å². The van der Waals surface area contributed by atoms with Crippen molar-refractivity contribution in [1.29, 1.82) is 0 Å². The van der Waals surface area contributed by atoms with Crippen LogP contribution in [-0.2, 0) is 11.3 Å². The zero-order chi connectivity index (χ0) is 16.2. The molecule has 0 aliphatic heterocycles. The maximum atomic E-state index is 12.8. The Balaban J connectivity index is 1.61. The van der Waals surface area contributed by atoms with Gasteiger partial charge in [-0.05, 0) is 42.3 Å². The molecule has 5 heteroatoms. The lowest BCUT2D eigenvalue weighted by Gasteiger charge is -1.98. The van der Waals surface area contributed by atoms with E-state index in [-0.39, 0.29) is 11.7 Å². The van der Waals surface area contributed by atoms with Crippen molar-refractivity contribution in [1.82, 2.24) is 14.7 Å². The lowest BCUT2D eigenvalue weighted by Crippen LogP contribution is -2.20. The Morgan fingerprint density at radius 3 is 2.83 bits per heavy atom. The van der Waals surface area contributed by atoms with Gasteiger partial charge in [0.2, 0.25) is 5.91 Å². The Morgan fingerprint density at radius 1 is 1.30 bits per heavy atom. The number of pyridine rings is 1. The molecule has 2 heterocycles. The van der Waals surface area contributed by atoms with Crippen LogP contribution in [0.5, 0.6) is 0 Å². The van der Waals surface area contributed by atoms with E-state index in [1.54, 1.807) is 18.2 Å². The molecule has 1 N–H and O–H groups in total. The number of amides is 1. The van der Waals surface area contributed by atoms with Gasteiger partial charge in [-0.1, -0.05) is 18.2 Å². The van der Waals surface area contributed by atoms with Gasteiger partial charge in [0, 0.05) is 18.5 Å². The Hall–Kier alpha value is -2.95. The van der Waals surface area contributed by atoms with Crippen molar-refractivity contribution in [2.75, 3.05) is 0 Å². The second kappa shape index (κ2) is 6.44. The molecular weight excluding hydrogens is 293 g/mol. The first-order valence-electron chi connectivity index (χ1n) is 7.26. The summed E-state index contributed by atoms with van der Waals surface area (Å²) in [7, 11) is 0. The fraction of sp³-hybridized carbons (Fsp3) is 0.111. The van der Waals surface area contributed by atoms with E-state index >= 15 is 0 Å². The number of imidazole rings is 1. The average molecular weight is 309 g/mol. The molecule has 0 atom stereocenters. The number of hydrogen-bond acceptors (Lipinski definition) is 2. The van der Waals surface area contributed by atoms with Gasteiger partial charge < -0.3 is 9.72 Å². The Bertz CT molecular complexity index is 866. The minimum absolute atomic E-state index is 0.219. The number of nitrogens with zero attached hydrogens (tertiary/aromatic N) is 2. The number of halogens is 1. The molecule has 3 aromatic rings. The lowest BCUT2D eigenvalue weighted by atomic mass is 10.2. The first-order valence-corrected chi connectivity index (χ1v) is 7.26. The van der Waals surface area contributed by atoms with Crippen LogP contribution in [0.1, 0.15) is 16.8 Å². The molecule has 0 radical (unpaired) electrons. The van der Waals surface area contributed by atoms with E-state index in [2.05, 4.69) is 10.3 Å². The van der Waals surface area contributed by atoms with E-state index in [0.29, 0.717) is 6.54 Å². The van der Waals surface area contributed by atoms with E-state index in [0.717, 1.165) is 22.5 Å². The Kier molecular flexibility index (Phi) is 4.19. The SMILES string of the molecule is Cc1cccn2cc(CNC(=O)C=Cc3ccc(F)cc3)nc12. The molecule has 0 saturated carbocycles. The third kappa shape index (κ3) is 3.63. The lowest BCUT2D eigenvalue weighted by molar-refractivity contribution is -0.116. The van der Waals surface area contributed by atoms with Crippen LogP contribution in [0.4, 0.5) is 4.39 Å². The molecule has 23 heavy (non-hydrogen) atoms. The smallest absolute Gasteiger partial charge is 0.244 e. The van der Waals surface area contributed by atoms with E-state index in [1.165, 1.54) is 18.2 Å². The van der Waals surface area contributed by atoms with Crippen molar-refractivity contribution in [2.45, 2.75) is 13.5 Å². The third-order valence-corrected chi connectivity index (χ3v) is 3.47. The number of nitrogens with one attached hydrogen (secondary N) is 1. The molecule has 1 amide bonds. The Labute approximate surface area is 133 Å². The highest BCUT2D eigenvalue weighted by Crippen LogP contribution is 2.09. The molecule has 0 fully saturated rings. The minimum Gasteiger partial charge on any atom is -0.347 e. The monoisotopic (exact) mass is 309 g/mol. The highest BCUT2D eigenvalue weighted by molar-refractivity contribution is 5.91. The number of rotatable bonds is 4. The zero-order valence-corrected chi connectivity index (χ0v) is 12.7. The topological polar surface area (TPSA) is 46.4 Å². The second-order valence-corrected chi connectivity index (χ2v) is 5.26. The van der Waals surface area contributed by atoms with E-state index in [9.17, 15) is 9.18 Å².